The topological polar surface area (TPSA) is 84.1 Å². The van der Waals surface area contributed by atoms with Crippen LogP contribution in [-0.4, -0.2) is 23.1 Å². The monoisotopic (exact) mass is 387 g/mol. The van der Waals surface area contributed by atoms with Crippen LogP contribution in [0.2, 0.25) is 0 Å². The molecule has 3 rings (SSSR count). The molecule has 29 heavy (non-hydrogen) atoms. The molecular weight excluding hydrogens is 366 g/mol. The maximum atomic E-state index is 12.5. The summed E-state index contributed by atoms with van der Waals surface area (Å²) >= 11 is 0. The summed E-state index contributed by atoms with van der Waals surface area (Å²) in [5, 5.41) is 12.3. The number of esters is 1. The van der Waals surface area contributed by atoms with Gasteiger partial charge in [-0.05, 0) is 50.1 Å². The van der Waals surface area contributed by atoms with E-state index in [0.717, 1.165) is 22.5 Å². The van der Waals surface area contributed by atoms with Gasteiger partial charge in [0.25, 0.3) is 5.91 Å². The van der Waals surface area contributed by atoms with Crippen molar-refractivity contribution in [1.82, 2.24) is 4.57 Å². The van der Waals surface area contributed by atoms with Crippen LogP contribution in [0.4, 0.5) is 5.82 Å². The number of aromatic nitrogens is 1. The minimum atomic E-state index is -0.565. The van der Waals surface area contributed by atoms with Crippen LogP contribution in [0.1, 0.15) is 32.7 Å². The smallest absolute Gasteiger partial charge is 0.338 e. The Morgan fingerprint density at radius 1 is 1.03 bits per heavy atom. The number of anilines is 1. The van der Waals surface area contributed by atoms with Crippen molar-refractivity contribution >= 4 is 17.7 Å². The number of ether oxygens (including phenoxy) is 1. The molecule has 1 aromatic heterocycles. The lowest BCUT2D eigenvalue weighted by atomic mass is 10.1. The summed E-state index contributed by atoms with van der Waals surface area (Å²) < 4.78 is 6.97. The van der Waals surface area contributed by atoms with Gasteiger partial charge in [-0.15, -0.1) is 0 Å². The molecule has 0 aliphatic rings. The molecule has 1 N–H and O–H groups in total. The van der Waals surface area contributed by atoms with Crippen LogP contribution in [0.5, 0.6) is 0 Å². The van der Waals surface area contributed by atoms with E-state index in [1.165, 1.54) is 0 Å². The van der Waals surface area contributed by atoms with Gasteiger partial charge in [-0.2, -0.15) is 5.26 Å². The lowest BCUT2D eigenvalue weighted by Crippen LogP contribution is -2.23. The molecule has 0 spiro atoms. The first kappa shape index (κ1) is 19.9. The number of rotatable bonds is 5. The molecule has 2 aromatic carbocycles. The first-order valence-corrected chi connectivity index (χ1v) is 9.14. The quantitative estimate of drug-likeness (QED) is 0.669. The summed E-state index contributed by atoms with van der Waals surface area (Å²) in [6, 6.07) is 18.6. The van der Waals surface area contributed by atoms with E-state index in [1.54, 1.807) is 25.1 Å². The molecule has 0 saturated heterocycles. The largest absolute Gasteiger partial charge is 0.452 e. The predicted octanol–water partition coefficient (Wildman–Crippen LogP) is 4.07. The van der Waals surface area contributed by atoms with Crippen LogP contribution in [-0.2, 0) is 9.53 Å². The van der Waals surface area contributed by atoms with Crippen molar-refractivity contribution < 1.29 is 14.3 Å². The number of amides is 1. The van der Waals surface area contributed by atoms with Gasteiger partial charge in [0.05, 0.1) is 11.1 Å². The average Bonchev–Trinajstić information content (AvgIpc) is 2.96. The molecule has 0 fully saturated rings. The van der Waals surface area contributed by atoms with E-state index >= 15 is 0 Å². The fourth-order valence-electron chi connectivity index (χ4n) is 3.14. The number of nitrogens with zero attached hydrogens (tertiary/aromatic N) is 2. The van der Waals surface area contributed by atoms with Crippen LogP contribution in [0.25, 0.3) is 5.69 Å². The first-order chi connectivity index (χ1) is 13.9. The zero-order valence-corrected chi connectivity index (χ0v) is 16.5. The molecule has 0 aliphatic heterocycles. The van der Waals surface area contributed by atoms with E-state index in [2.05, 4.69) is 11.4 Å². The van der Waals surface area contributed by atoms with Gasteiger partial charge in [-0.1, -0.05) is 36.4 Å². The van der Waals surface area contributed by atoms with Crippen molar-refractivity contribution in [2.24, 2.45) is 0 Å². The highest BCUT2D eigenvalue weighted by Gasteiger charge is 2.21. The Hall–Kier alpha value is -3.85. The molecule has 146 valence electrons. The summed E-state index contributed by atoms with van der Waals surface area (Å²) in [5.41, 5.74) is 4.02. The predicted molar refractivity (Wildman–Crippen MR) is 110 cm³/mol. The lowest BCUT2D eigenvalue weighted by molar-refractivity contribution is -0.119. The van der Waals surface area contributed by atoms with Gasteiger partial charge < -0.3 is 10.1 Å². The Morgan fingerprint density at radius 2 is 1.69 bits per heavy atom. The lowest BCUT2D eigenvalue weighted by Gasteiger charge is -2.13. The van der Waals surface area contributed by atoms with Crippen LogP contribution in [0.3, 0.4) is 0 Å². The van der Waals surface area contributed by atoms with Crippen molar-refractivity contribution in [1.29, 1.82) is 5.26 Å². The molecule has 1 amide bonds. The van der Waals surface area contributed by atoms with Gasteiger partial charge in [0.1, 0.15) is 11.9 Å². The van der Waals surface area contributed by atoms with E-state index in [4.69, 9.17) is 4.74 Å². The molecule has 0 atom stereocenters. The highest BCUT2D eigenvalue weighted by molar-refractivity contribution is 5.96. The highest BCUT2D eigenvalue weighted by Crippen LogP contribution is 2.29. The minimum Gasteiger partial charge on any atom is -0.452 e. The normalized spacial score (nSPS) is 10.3. The Balaban J connectivity index is 1.82. The number of carbonyl (C=O) groups is 2. The first-order valence-electron chi connectivity index (χ1n) is 9.14. The number of carbonyl (C=O) groups excluding carboxylic acids is 2. The van der Waals surface area contributed by atoms with Gasteiger partial charge >= 0.3 is 5.97 Å². The van der Waals surface area contributed by atoms with Crippen LogP contribution in [0.15, 0.2) is 54.6 Å². The molecule has 0 bridgehead atoms. The molecular formula is C23H21N3O3. The van der Waals surface area contributed by atoms with Gasteiger partial charge in [-0.25, -0.2) is 4.79 Å². The van der Waals surface area contributed by atoms with Crippen molar-refractivity contribution in [2.75, 3.05) is 11.9 Å². The van der Waals surface area contributed by atoms with E-state index in [-0.39, 0.29) is 0 Å². The van der Waals surface area contributed by atoms with Crippen LogP contribution < -0.4 is 5.32 Å². The number of nitriles is 1. The molecule has 3 aromatic rings. The second-order valence-electron chi connectivity index (χ2n) is 6.66. The van der Waals surface area contributed by atoms with Crippen LogP contribution >= 0.6 is 0 Å². The third kappa shape index (κ3) is 4.04. The van der Waals surface area contributed by atoms with Crippen molar-refractivity contribution in [3.63, 3.8) is 0 Å². The molecule has 1 heterocycles. The fourth-order valence-corrected chi connectivity index (χ4v) is 3.14. The number of hydrogen-bond acceptors (Lipinski definition) is 4. The zero-order chi connectivity index (χ0) is 21.0. The Labute approximate surface area is 169 Å². The standard InChI is InChI=1S/C23H21N3O3/c1-15-9-7-8-12-19(15)23(28)29-14-21(27)25-22-20(13-24)16(2)17(3)26(22)18-10-5-4-6-11-18/h4-12H,14H2,1-3H3,(H,25,27). The number of benzene rings is 2. The number of aryl methyl sites for hydroxylation is 1. The van der Waals surface area contributed by atoms with Crippen LogP contribution in [0, 0.1) is 32.1 Å². The van der Waals surface area contributed by atoms with E-state index in [0.29, 0.717) is 16.9 Å². The van der Waals surface area contributed by atoms with Gasteiger partial charge in [0.15, 0.2) is 6.61 Å². The van der Waals surface area contributed by atoms with Gasteiger partial charge in [0.2, 0.25) is 0 Å². The maximum absolute atomic E-state index is 12.5. The summed E-state index contributed by atoms with van der Waals surface area (Å²) in [7, 11) is 0. The zero-order valence-electron chi connectivity index (χ0n) is 16.5. The van der Waals surface area contributed by atoms with E-state index in [1.807, 2.05) is 54.8 Å². The second kappa shape index (κ2) is 8.44. The molecule has 0 radical (unpaired) electrons. The third-order valence-electron chi connectivity index (χ3n) is 4.80. The summed E-state index contributed by atoms with van der Waals surface area (Å²) in [6.45, 7) is 5.07. The Bertz CT molecular complexity index is 1110. The molecule has 0 aliphatic carbocycles. The van der Waals surface area contributed by atoms with E-state index < -0.39 is 18.5 Å². The van der Waals surface area contributed by atoms with Gasteiger partial charge in [0, 0.05) is 11.4 Å². The molecule has 6 nitrogen and oxygen atoms in total. The van der Waals surface area contributed by atoms with Crippen molar-refractivity contribution in [2.45, 2.75) is 20.8 Å². The summed E-state index contributed by atoms with van der Waals surface area (Å²) in [5.74, 6) is -0.715. The Kier molecular flexibility index (Phi) is 5.79. The summed E-state index contributed by atoms with van der Waals surface area (Å²) in [4.78, 5) is 24.7. The van der Waals surface area contributed by atoms with Crippen molar-refractivity contribution in [3.05, 3.63) is 82.5 Å². The number of nitrogens with one attached hydrogen (secondary N) is 1. The minimum absolute atomic E-state index is 0.366. The third-order valence-corrected chi connectivity index (χ3v) is 4.80. The number of hydrogen-bond donors (Lipinski definition) is 1. The molecule has 0 unspecified atom stereocenters. The highest BCUT2D eigenvalue weighted by atomic mass is 16.5. The van der Waals surface area contributed by atoms with Crippen molar-refractivity contribution in [3.8, 4) is 11.8 Å². The average molecular weight is 387 g/mol. The van der Waals surface area contributed by atoms with Gasteiger partial charge in [-0.3, -0.25) is 9.36 Å². The molecule has 6 heteroatoms. The SMILES string of the molecule is Cc1ccccc1C(=O)OCC(=O)Nc1c(C#N)c(C)c(C)n1-c1ccccc1. The summed E-state index contributed by atoms with van der Waals surface area (Å²) in [6.07, 6.45) is 0. The number of para-hydroxylation sites is 1. The second-order valence-corrected chi connectivity index (χ2v) is 6.66. The fraction of sp³-hybridized carbons (Fsp3) is 0.174. The maximum Gasteiger partial charge on any atom is 0.338 e. The van der Waals surface area contributed by atoms with E-state index in [9.17, 15) is 14.9 Å². The molecule has 0 saturated carbocycles. The Morgan fingerprint density at radius 3 is 2.34 bits per heavy atom.